The molecule has 5 nitrogen and oxygen atoms in total. The van der Waals surface area contributed by atoms with Crippen LogP contribution in [0.1, 0.15) is 28.7 Å². The average Bonchev–Trinajstić information content (AvgIpc) is 2.94. The van der Waals surface area contributed by atoms with Gasteiger partial charge < -0.3 is 14.2 Å². The molecule has 2 heterocycles. The molecular weight excluding hydrogens is 312 g/mol. The van der Waals surface area contributed by atoms with Crippen LogP contribution in [0.3, 0.4) is 0 Å². The van der Waals surface area contributed by atoms with Crippen LogP contribution in [0.2, 0.25) is 0 Å². The number of anilines is 1. The number of hydrogen-bond acceptors (Lipinski definition) is 3. The molecule has 0 radical (unpaired) electrons. The van der Waals surface area contributed by atoms with E-state index in [9.17, 15) is 4.79 Å². The fourth-order valence-corrected chi connectivity index (χ4v) is 3.04. The summed E-state index contributed by atoms with van der Waals surface area (Å²) in [5.41, 5.74) is 4.26. The second-order valence-electron chi connectivity index (χ2n) is 6.46. The van der Waals surface area contributed by atoms with Crippen molar-refractivity contribution >= 4 is 17.2 Å². The highest BCUT2D eigenvalue weighted by molar-refractivity contribution is 6.06. The Kier molecular flexibility index (Phi) is 4.86. The number of pyridine rings is 1. The normalized spacial score (nSPS) is 11.2. The van der Waals surface area contributed by atoms with E-state index in [4.69, 9.17) is 0 Å². The molecule has 130 valence electrons. The summed E-state index contributed by atoms with van der Waals surface area (Å²) in [6.45, 7) is 5.26. The Labute approximate surface area is 148 Å². The van der Waals surface area contributed by atoms with Crippen molar-refractivity contribution in [1.82, 2.24) is 14.3 Å². The van der Waals surface area contributed by atoms with Crippen LogP contribution in [0.5, 0.6) is 0 Å². The van der Waals surface area contributed by atoms with E-state index in [2.05, 4.69) is 9.88 Å². The molecule has 2 aromatic heterocycles. The van der Waals surface area contributed by atoms with Crippen molar-refractivity contribution in [3.63, 3.8) is 0 Å². The molecule has 0 fully saturated rings. The first-order valence-corrected chi connectivity index (χ1v) is 8.50. The van der Waals surface area contributed by atoms with Crippen molar-refractivity contribution < 1.29 is 4.79 Å². The summed E-state index contributed by atoms with van der Waals surface area (Å²) in [5, 5.41) is 0. The number of aryl methyl sites for hydroxylation is 1. The smallest absolute Gasteiger partial charge is 0.278 e. The van der Waals surface area contributed by atoms with Crippen molar-refractivity contribution in [3.8, 4) is 0 Å². The maximum atomic E-state index is 13.3. The van der Waals surface area contributed by atoms with E-state index in [0.717, 1.165) is 22.6 Å². The number of fused-ring (bicyclic) bond motifs is 1. The molecule has 25 heavy (non-hydrogen) atoms. The van der Waals surface area contributed by atoms with Crippen LogP contribution in [-0.4, -0.2) is 40.8 Å². The fraction of sp³-hybridized carbons (Fsp3) is 0.300. The number of nitrogens with zero attached hydrogens (tertiary/aromatic N) is 4. The monoisotopic (exact) mass is 336 g/mol. The summed E-state index contributed by atoms with van der Waals surface area (Å²) >= 11 is 0. The van der Waals surface area contributed by atoms with Gasteiger partial charge in [-0.2, -0.15) is 0 Å². The topological polar surface area (TPSA) is 40.9 Å². The number of amides is 1. The van der Waals surface area contributed by atoms with Crippen LogP contribution in [0.25, 0.3) is 5.65 Å². The van der Waals surface area contributed by atoms with E-state index in [1.807, 2.05) is 81.0 Å². The SMILES string of the molecule is CCN(C(=O)c1nc2ccccn2c1CN(C)C)c1cccc(C)c1. The summed E-state index contributed by atoms with van der Waals surface area (Å²) < 4.78 is 2.00. The third-order valence-electron chi connectivity index (χ3n) is 4.17. The molecule has 0 spiro atoms. The van der Waals surface area contributed by atoms with Gasteiger partial charge >= 0.3 is 0 Å². The van der Waals surface area contributed by atoms with E-state index in [0.29, 0.717) is 18.8 Å². The second-order valence-corrected chi connectivity index (χ2v) is 6.46. The predicted molar refractivity (Wildman–Crippen MR) is 101 cm³/mol. The quantitative estimate of drug-likeness (QED) is 0.717. The van der Waals surface area contributed by atoms with E-state index in [-0.39, 0.29) is 5.91 Å². The van der Waals surface area contributed by atoms with Gasteiger partial charge in [-0.15, -0.1) is 0 Å². The van der Waals surface area contributed by atoms with Crippen LogP contribution in [-0.2, 0) is 6.54 Å². The predicted octanol–water partition coefficient (Wildman–Crippen LogP) is 3.37. The Bertz CT molecular complexity index is 898. The van der Waals surface area contributed by atoms with Crippen LogP contribution < -0.4 is 4.90 Å². The van der Waals surface area contributed by atoms with Crippen molar-refractivity contribution in [2.75, 3.05) is 25.5 Å². The minimum absolute atomic E-state index is 0.0614. The maximum Gasteiger partial charge on any atom is 0.278 e. The average molecular weight is 336 g/mol. The molecule has 0 saturated heterocycles. The molecule has 1 amide bonds. The summed E-state index contributed by atoms with van der Waals surface area (Å²) in [6.07, 6.45) is 1.96. The number of aromatic nitrogens is 2. The van der Waals surface area contributed by atoms with Gasteiger partial charge in [-0.25, -0.2) is 4.98 Å². The van der Waals surface area contributed by atoms with E-state index >= 15 is 0 Å². The minimum Gasteiger partial charge on any atom is -0.307 e. The van der Waals surface area contributed by atoms with E-state index in [1.54, 1.807) is 4.90 Å². The molecule has 0 aliphatic heterocycles. The van der Waals surface area contributed by atoms with Crippen LogP contribution >= 0.6 is 0 Å². The number of carbonyl (C=O) groups excluding carboxylic acids is 1. The summed E-state index contributed by atoms with van der Waals surface area (Å²) in [4.78, 5) is 21.8. The zero-order chi connectivity index (χ0) is 18.0. The molecule has 0 saturated carbocycles. The maximum absolute atomic E-state index is 13.3. The van der Waals surface area contributed by atoms with E-state index in [1.165, 1.54) is 0 Å². The lowest BCUT2D eigenvalue weighted by Gasteiger charge is -2.21. The fourth-order valence-electron chi connectivity index (χ4n) is 3.04. The first kappa shape index (κ1) is 17.2. The van der Waals surface area contributed by atoms with Gasteiger partial charge in [0.25, 0.3) is 5.91 Å². The molecule has 1 aromatic carbocycles. The Morgan fingerprint density at radius 1 is 1.16 bits per heavy atom. The van der Waals surface area contributed by atoms with Crippen molar-refractivity contribution in [3.05, 3.63) is 65.6 Å². The molecular formula is C20H24N4O. The van der Waals surface area contributed by atoms with Gasteiger partial charge in [0.15, 0.2) is 5.69 Å². The zero-order valence-corrected chi connectivity index (χ0v) is 15.2. The van der Waals surface area contributed by atoms with Gasteiger partial charge in [-0.1, -0.05) is 18.2 Å². The number of carbonyl (C=O) groups is 1. The summed E-state index contributed by atoms with van der Waals surface area (Å²) in [5.74, 6) is -0.0614. The van der Waals surface area contributed by atoms with Crippen LogP contribution in [0, 0.1) is 6.92 Å². The third kappa shape index (κ3) is 3.42. The largest absolute Gasteiger partial charge is 0.307 e. The van der Waals surface area contributed by atoms with Gasteiger partial charge in [0.05, 0.1) is 5.69 Å². The first-order valence-electron chi connectivity index (χ1n) is 8.50. The highest BCUT2D eigenvalue weighted by Gasteiger charge is 2.24. The van der Waals surface area contributed by atoms with Crippen molar-refractivity contribution in [2.24, 2.45) is 0 Å². The molecule has 0 aliphatic carbocycles. The molecule has 0 N–H and O–H groups in total. The van der Waals surface area contributed by atoms with Gasteiger partial charge in [0.2, 0.25) is 0 Å². The van der Waals surface area contributed by atoms with Gasteiger partial charge in [0.1, 0.15) is 5.65 Å². The lowest BCUT2D eigenvalue weighted by molar-refractivity contribution is 0.0982. The first-order chi connectivity index (χ1) is 12.0. The lowest BCUT2D eigenvalue weighted by atomic mass is 10.2. The number of imidazole rings is 1. The van der Waals surface area contributed by atoms with Crippen LogP contribution in [0.15, 0.2) is 48.7 Å². The Morgan fingerprint density at radius 2 is 1.96 bits per heavy atom. The molecule has 0 aliphatic rings. The minimum atomic E-state index is -0.0614. The number of hydrogen-bond donors (Lipinski definition) is 0. The Balaban J connectivity index is 2.09. The van der Waals surface area contributed by atoms with Gasteiger partial charge in [-0.05, 0) is 57.8 Å². The Hall–Kier alpha value is -2.66. The number of benzene rings is 1. The Morgan fingerprint density at radius 3 is 2.64 bits per heavy atom. The summed E-state index contributed by atoms with van der Waals surface area (Å²) in [6, 6.07) is 13.8. The molecule has 3 aromatic rings. The zero-order valence-electron chi connectivity index (χ0n) is 15.2. The lowest BCUT2D eigenvalue weighted by Crippen LogP contribution is -2.32. The number of rotatable bonds is 5. The highest BCUT2D eigenvalue weighted by Crippen LogP contribution is 2.21. The molecule has 0 atom stereocenters. The van der Waals surface area contributed by atoms with E-state index < -0.39 is 0 Å². The molecule has 5 heteroatoms. The van der Waals surface area contributed by atoms with Crippen molar-refractivity contribution in [1.29, 1.82) is 0 Å². The standard InChI is InChI=1S/C20H24N4O/c1-5-23(16-10-8-9-15(2)13-16)20(25)19-17(14-22(3)4)24-12-7-6-11-18(24)21-19/h6-13H,5,14H2,1-4H3. The van der Waals surface area contributed by atoms with Gasteiger partial charge in [-0.3, -0.25) is 4.79 Å². The van der Waals surface area contributed by atoms with Crippen molar-refractivity contribution in [2.45, 2.75) is 20.4 Å². The molecule has 3 rings (SSSR count). The van der Waals surface area contributed by atoms with Crippen LogP contribution in [0.4, 0.5) is 5.69 Å². The molecule has 0 unspecified atom stereocenters. The van der Waals surface area contributed by atoms with Gasteiger partial charge in [0, 0.05) is 25.0 Å². The molecule has 0 bridgehead atoms. The highest BCUT2D eigenvalue weighted by atomic mass is 16.2. The third-order valence-corrected chi connectivity index (χ3v) is 4.17. The summed E-state index contributed by atoms with van der Waals surface area (Å²) in [7, 11) is 3.99. The second kappa shape index (κ2) is 7.07.